The molecule has 3 aliphatic rings. The van der Waals surface area contributed by atoms with E-state index in [4.69, 9.17) is 4.98 Å². The maximum atomic E-state index is 13.2. The third-order valence-corrected chi connectivity index (χ3v) is 8.94. The van der Waals surface area contributed by atoms with E-state index in [1.807, 2.05) is 17.2 Å². The first-order valence-electron chi connectivity index (χ1n) is 14.6. The molecule has 2 amide bonds. The van der Waals surface area contributed by atoms with Gasteiger partial charge in [-0.15, -0.1) is 0 Å². The largest absolute Gasteiger partial charge is 0.331 e. The maximum Gasteiger partial charge on any atom is 0.319 e. The molecule has 41 heavy (non-hydrogen) atoms. The number of carbonyl (C=O) groups is 2. The molecule has 0 atom stereocenters. The van der Waals surface area contributed by atoms with Crippen LogP contribution < -0.4 is 10.9 Å². The Labute approximate surface area is 239 Å². The zero-order chi connectivity index (χ0) is 28.7. The molecule has 0 unspecified atom stereocenters. The van der Waals surface area contributed by atoms with Gasteiger partial charge >= 0.3 is 6.03 Å². The fourth-order valence-corrected chi connectivity index (χ4v) is 6.49. The Morgan fingerprint density at radius 2 is 1.71 bits per heavy atom. The van der Waals surface area contributed by atoms with Crippen LogP contribution in [0.15, 0.2) is 35.4 Å². The number of aromatic nitrogens is 4. The van der Waals surface area contributed by atoms with Gasteiger partial charge in [0.2, 0.25) is 5.95 Å². The molecule has 2 aliphatic carbocycles. The summed E-state index contributed by atoms with van der Waals surface area (Å²) in [6.45, 7) is 4.84. The zero-order valence-electron chi connectivity index (χ0n) is 24.0. The predicted molar refractivity (Wildman–Crippen MR) is 157 cm³/mol. The summed E-state index contributed by atoms with van der Waals surface area (Å²) in [7, 11) is 3.60. The monoisotopic (exact) mass is 558 g/mol. The van der Waals surface area contributed by atoms with Gasteiger partial charge in [-0.3, -0.25) is 19.1 Å². The molecule has 6 rings (SSSR count). The van der Waals surface area contributed by atoms with Crippen LogP contribution in [0.2, 0.25) is 0 Å². The van der Waals surface area contributed by atoms with E-state index in [1.165, 1.54) is 12.5 Å². The number of piperazine rings is 1. The number of pyridine rings is 2. The summed E-state index contributed by atoms with van der Waals surface area (Å²) < 4.78 is 1.70. The third-order valence-electron chi connectivity index (χ3n) is 8.94. The lowest BCUT2D eigenvalue weighted by molar-refractivity contribution is 0.0571. The highest BCUT2D eigenvalue weighted by molar-refractivity contribution is 5.96. The molecule has 0 radical (unpaired) electrons. The van der Waals surface area contributed by atoms with Gasteiger partial charge in [0.05, 0.1) is 5.56 Å². The van der Waals surface area contributed by atoms with Crippen LogP contribution in [0.3, 0.4) is 0 Å². The molecular formula is C30H38N8O3. The van der Waals surface area contributed by atoms with Crippen LogP contribution >= 0.6 is 0 Å². The predicted octanol–water partition coefficient (Wildman–Crippen LogP) is 3.79. The third kappa shape index (κ3) is 5.42. The SMILES string of the molecule is CC(=O)c1cc2cnc(Nc3ccc(C4CC(N5CCN(C(=O)N(C)C)CC5)C4)cn3)nc2n(C2CCCC2)c1=O. The lowest BCUT2D eigenvalue weighted by Gasteiger charge is -2.46. The lowest BCUT2D eigenvalue weighted by Crippen LogP contribution is -2.56. The van der Waals surface area contributed by atoms with E-state index in [-0.39, 0.29) is 29.0 Å². The van der Waals surface area contributed by atoms with Crippen molar-refractivity contribution >= 4 is 34.6 Å². The molecule has 2 saturated carbocycles. The summed E-state index contributed by atoms with van der Waals surface area (Å²) in [6, 6.07) is 6.36. The number of ketones is 1. The van der Waals surface area contributed by atoms with Crippen LogP contribution in [-0.4, -0.2) is 92.3 Å². The van der Waals surface area contributed by atoms with Gasteiger partial charge in [0.25, 0.3) is 5.56 Å². The van der Waals surface area contributed by atoms with Crippen LogP contribution in [0.1, 0.15) is 73.3 Å². The molecule has 4 heterocycles. The molecule has 1 saturated heterocycles. The average molecular weight is 559 g/mol. The van der Waals surface area contributed by atoms with Crippen molar-refractivity contribution < 1.29 is 9.59 Å². The van der Waals surface area contributed by atoms with Crippen molar-refractivity contribution in [2.24, 2.45) is 0 Å². The molecular weight excluding hydrogens is 520 g/mol. The fourth-order valence-electron chi connectivity index (χ4n) is 6.49. The van der Waals surface area contributed by atoms with Gasteiger partial charge in [-0.25, -0.2) is 14.8 Å². The van der Waals surface area contributed by atoms with E-state index < -0.39 is 0 Å². The highest BCUT2D eigenvalue weighted by Crippen LogP contribution is 2.40. The van der Waals surface area contributed by atoms with Gasteiger partial charge in [0.15, 0.2) is 5.78 Å². The first-order chi connectivity index (χ1) is 19.8. The topological polar surface area (TPSA) is 117 Å². The Balaban J connectivity index is 1.11. The van der Waals surface area contributed by atoms with Crippen molar-refractivity contribution in [1.29, 1.82) is 0 Å². The van der Waals surface area contributed by atoms with Gasteiger partial charge in [0.1, 0.15) is 11.5 Å². The lowest BCUT2D eigenvalue weighted by atomic mass is 9.75. The highest BCUT2D eigenvalue weighted by atomic mass is 16.2. The molecule has 11 nitrogen and oxygen atoms in total. The Hall–Kier alpha value is -3.86. The van der Waals surface area contributed by atoms with Crippen LogP contribution in [-0.2, 0) is 0 Å². The van der Waals surface area contributed by atoms with Crippen LogP contribution in [0.5, 0.6) is 0 Å². The quantitative estimate of drug-likeness (QED) is 0.454. The number of anilines is 2. The number of nitrogens with zero attached hydrogens (tertiary/aromatic N) is 7. The Kier molecular flexibility index (Phi) is 7.46. The number of Topliss-reactive ketones (excluding diaryl/α,β-unsaturated/α-hetero) is 1. The second-order valence-electron chi connectivity index (χ2n) is 11.8. The number of rotatable bonds is 6. The maximum absolute atomic E-state index is 13.2. The number of amides is 2. The first kappa shape index (κ1) is 27.3. The Bertz CT molecular complexity index is 1500. The minimum Gasteiger partial charge on any atom is -0.331 e. The van der Waals surface area contributed by atoms with Crippen molar-refractivity contribution in [3.8, 4) is 0 Å². The normalized spacial score (nSPS) is 21.6. The number of nitrogens with one attached hydrogen (secondary N) is 1. The van der Waals surface area contributed by atoms with Crippen molar-refractivity contribution in [2.45, 2.75) is 63.5 Å². The molecule has 3 aromatic heterocycles. The average Bonchev–Trinajstić information content (AvgIpc) is 3.47. The second-order valence-corrected chi connectivity index (χ2v) is 11.8. The summed E-state index contributed by atoms with van der Waals surface area (Å²) in [5.41, 5.74) is 1.69. The van der Waals surface area contributed by atoms with Crippen LogP contribution in [0, 0.1) is 0 Å². The molecule has 0 bridgehead atoms. The molecule has 216 valence electrons. The molecule has 0 aromatic carbocycles. The molecule has 3 aromatic rings. The minimum atomic E-state index is -0.272. The van der Waals surface area contributed by atoms with E-state index >= 15 is 0 Å². The van der Waals surface area contributed by atoms with Gasteiger partial charge in [-0.1, -0.05) is 18.9 Å². The first-order valence-corrected chi connectivity index (χ1v) is 14.6. The Morgan fingerprint density at radius 1 is 0.976 bits per heavy atom. The van der Waals surface area contributed by atoms with E-state index in [9.17, 15) is 14.4 Å². The smallest absolute Gasteiger partial charge is 0.319 e. The highest BCUT2D eigenvalue weighted by Gasteiger charge is 2.36. The van der Waals surface area contributed by atoms with E-state index in [1.54, 1.807) is 35.8 Å². The summed E-state index contributed by atoms with van der Waals surface area (Å²) >= 11 is 0. The van der Waals surface area contributed by atoms with Crippen LogP contribution in [0.4, 0.5) is 16.6 Å². The van der Waals surface area contributed by atoms with Crippen molar-refractivity contribution in [2.75, 3.05) is 45.6 Å². The minimum absolute atomic E-state index is 0.0418. The molecule has 1 aliphatic heterocycles. The number of carbonyl (C=O) groups excluding carboxylic acids is 2. The van der Waals surface area contributed by atoms with E-state index in [0.717, 1.165) is 64.7 Å². The van der Waals surface area contributed by atoms with Gasteiger partial charge in [-0.2, -0.15) is 4.98 Å². The number of fused-ring (bicyclic) bond motifs is 1. The number of urea groups is 1. The van der Waals surface area contributed by atoms with Gasteiger partial charge < -0.3 is 15.1 Å². The number of hydrogen-bond donors (Lipinski definition) is 1. The Morgan fingerprint density at radius 3 is 2.34 bits per heavy atom. The number of hydrogen-bond acceptors (Lipinski definition) is 8. The van der Waals surface area contributed by atoms with Crippen molar-refractivity contribution in [3.63, 3.8) is 0 Å². The van der Waals surface area contributed by atoms with Crippen LogP contribution in [0.25, 0.3) is 11.0 Å². The molecule has 3 fully saturated rings. The van der Waals surface area contributed by atoms with Gasteiger partial charge in [-0.05, 0) is 56.2 Å². The van der Waals surface area contributed by atoms with Crippen molar-refractivity contribution in [1.82, 2.24) is 34.2 Å². The second kappa shape index (κ2) is 11.2. The van der Waals surface area contributed by atoms with E-state index in [0.29, 0.717) is 34.8 Å². The summed E-state index contributed by atoms with van der Waals surface area (Å²) in [6.07, 6.45) is 9.72. The summed E-state index contributed by atoms with van der Waals surface area (Å²) in [5, 5.41) is 3.88. The standard InChI is InChI=1S/C30H38N8O3/c1-19(39)25-16-22-18-32-29(34-27(22)38(28(25)40)23-6-4-5-7-23)33-26-9-8-20(17-31-26)21-14-24(15-21)36-10-12-37(13-11-36)30(41)35(2)3/h8-9,16-18,21,23-24H,4-7,10-15H2,1-3H3,(H,31,32,33,34). The fraction of sp³-hybridized carbons (Fsp3) is 0.533. The molecule has 0 spiro atoms. The van der Waals surface area contributed by atoms with E-state index in [2.05, 4.69) is 26.3 Å². The van der Waals surface area contributed by atoms with Gasteiger partial charge in [0, 0.05) is 70.1 Å². The van der Waals surface area contributed by atoms with Crippen molar-refractivity contribution in [3.05, 3.63) is 52.1 Å². The summed E-state index contributed by atoms with van der Waals surface area (Å²) in [5.74, 6) is 1.25. The molecule has 11 heteroatoms. The summed E-state index contributed by atoms with van der Waals surface area (Å²) in [4.78, 5) is 57.5. The molecule has 1 N–H and O–H groups in total. The zero-order valence-corrected chi connectivity index (χ0v) is 24.0.